The highest BCUT2D eigenvalue weighted by Crippen LogP contribution is 2.32. The quantitative estimate of drug-likeness (QED) is 0.324. The molecule has 7 nitrogen and oxygen atoms in total. The molecule has 0 fully saturated rings. The Morgan fingerprint density at radius 2 is 2.00 bits per heavy atom. The number of imidazole rings is 1. The molecule has 33 heavy (non-hydrogen) atoms. The molecule has 7 heteroatoms. The Hall–Kier alpha value is -4.26. The second kappa shape index (κ2) is 8.35. The number of hydrogen-bond donors (Lipinski definition) is 2. The molecule has 0 saturated heterocycles. The van der Waals surface area contributed by atoms with Crippen LogP contribution in [0.2, 0.25) is 0 Å². The third kappa shape index (κ3) is 3.67. The Bertz CT molecular complexity index is 1540. The van der Waals surface area contributed by atoms with Gasteiger partial charge in [-0.2, -0.15) is 5.10 Å². The molecule has 0 aromatic carbocycles. The Morgan fingerprint density at radius 1 is 1.12 bits per heavy atom. The molecular weight excluding hydrogens is 410 g/mol. The van der Waals surface area contributed by atoms with E-state index < -0.39 is 0 Å². The number of aryl methyl sites for hydroxylation is 1. The van der Waals surface area contributed by atoms with E-state index in [-0.39, 0.29) is 0 Å². The zero-order chi connectivity index (χ0) is 22.9. The summed E-state index contributed by atoms with van der Waals surface area (Å²) in [4.78, 5) is 16.9. The minimum atomic E-state index is 0.844. The fourth-order valence-corrected chi connectivity index (χ4v) is 4.01. The van der Waals surface area contributed by atoms with Gasteiger partial charge in [0.1, 0.15) is 5.69 Å². The van der Waals surface area contributed by atoms with Crippen LogP contribution in [0.15, 0.2) is 73.6 Å². The molecule has 5 rings (SSSR count). The monoisotopic (exact) mass is 435 g/mol. The summed E-state index contributed by atoms with van der Waals surface area (Å²) in [7, 11) is 0. The number of aromatic nitrogens is 7. The maximum Gasteiger partial charge on any atom is 0.116 e. The lowest BCUT2D eigenvalue weighted by atomic mass is 10.0. The number of nitrogens with zero attached hydrogens (tertiary/aromatic N) is 5. The van der Waals surface area contributed by atoms with E-state index in [9.17, 15) is 0 Å². The van der Waals surface area contributed by atoms with Crippen molar-refractivity contribution in [2.75, 3.05) is 0 Å². The van der Waals surface area contributed by atoms with Crippen LogP contribution >= 0.6 is 0 Å². The SMILES string of the molecule is C=C/C(=C\C(=C/C)c1cc2c(-c3cc4c(-n5cnc(C)c5)cncc4[nH]3)n[nH]c2cn1)CC. The van der Waals surface area contributed by atoms with Gasteiger partial charge in [-0.15, -0.1) is 0 Å². The third-order valence-electron chi connectivity index (χ3n) is 5.83. The lowest BCUT2D eigenvalue weighted by molar-refractivity contribution is 1.05. The molecule has 0 aliphatic rings. The summed E-state index contributed by atoms with van der Waals surface area (Å²) in [6.07, 6.45) is 16.3. The molecule has 0 bridgehead atoms. The van der Waals surface area contributed by atoms with Gasteiger partial charge < -0.3 is 9.55 Å². The standard InChI is InChI=1S/C26H25N7/c1-5-17(6-2)8-18(7-3)21-10-20-24(12-28-21)31-32-26(20)22-9-19-23(30-22)11-27-13-25(19)33-14-16(4)29-15-33/h5,7-15,30H,1,6H2,2-4H3,(H,31,32)/b17-8+,18-7+. The van der Waals surface area contributed by atoms with E-state index in [1.54, 1.807) is 6.33 Å². The summed E-state index contributed by atoms with van der Waals surface area (Å²) in [5.41, 5.74) is 8.63. The Balaban J connectivity index is 1.63. The molecule has 164 valence electrons. The fourth-order valence-electron chi connectivity index (χ4n) is 4.01. The van der Waals surface area contributed by atoms with Crippen molar-refractivity contribution in [1.29, 1.82) is 0 Å². The Labute approximate surface area is 191 Å². The summed E-state index contributed by atoms with van der Waals surface area (Å²) in [6, 6.07) is 4.20. The second-order valence-electron chi connectivity index (χ2n) is 7.93. The maximum absolute atomic E-state index is 4.66. The summed E-state index contributed by atoms with van der Waals surface area (Å²) >= 11 is 0. The second-order valence-corrected chi connectivity index (χ2v) is 7.93. The number of hydrogen-bond acceptors (Lipinski definition) is 4. The van der Waals surface area contributed by atoms with Gasteiger partial charge in [0.2, 0.25) is 0 Å². The lowest BCUT2D eigenvalue weighted by Crippen LogP contribution is -1.91. The van der Waals surface area contributed by atoms with E-state index in [0.29, 0.717) is 0 Å². The molecular formula is C26H25N7. The topological polar surface area (TPSA) is 88.1 Å². The fraction of sp³-hybridized carbons (Fsp3) is 0.154. The van der Waals surface area contributed by atoms with Crippen molar-refractivity contribution < 1.29 is 0 Å². The number of allylic oxidation sites excluding steroid dienone is 5. The third-order valence-corrected chi connectivity index (χ3v) is 5.83. The summed E-state index contributed by atoms with van der Waals surface area (Å²) in [5, 5.41) is 9.77. The Morgan fingerprint density at radius 3 is 2.73 bits per heavy atom. The van der Waals surface area contributed by atoms with Crippen LogP contribution in [0.1, 0.15) is 31.7 Å². The van der Waals surface area contributed by atoms with Crippen LogP contribution in [0.4, 0.5) is 0 Å². The zero-order valence-corrected chi connectivity index (χ0v) is 18.9. The molecule has 5 aromatic rings. The summed E-state index contributed by atoms with van der Waals surface area (Å²) in [6.45, 7) is 10.0. The molecule has 0 aliphatic heterocycles. The molecule has 0 unspecified atom stereocenters. The number of nitrogens with one attached hydrogen (secondary N) is 2. The highest BCUT2D eigenvalue weighted by molar-refractivity contribution is 5.98. The number of rotatable bonds is 6. The molecule has 2 N–H and O–H groups in total. The van der Waals surface area contributed by atoms with E-state index >= 15 is 0 Å². The number of aromatic amines is 2. The van der Waals surface area contributed by atoms with E-state index in [1.807, 2.05) is 49.3 Å². The van der Waals surface area contributed by atoms with E-state index in [4.69, 9.17) is 0 Å². The molecule has 0 amide bonds. The smallest absolute Gasteiger partial charge is 0.116 e. The number of H-pyrrole nitrogens is 2. The van der Waals surface area contributed by atoms with Crippen LogP contribution in [0.5, 0.6) is 0 Å². The first kappa shape index (κ1) is 20.6. The number of fused-ring (bicyclic) bond motifs is 2. The Kier molecular flexibility index (Phi) is 5.22. The van der Waals surface area contributed by atoms with Crippen molar-refractivity contribution in [2.45, 2.75) is 27.2 Å². The van der Waals surface area contributed by atoms with Gasteiger partial charge in [-0.05, 0) is 49.6 Å². The first-order chi connectivity index (χ1) is 16.1. The normalized spacial score (nSPS) is 12.7. The molecule has 0 atom stereocenters. The first-order valence-corrected chi connectivity index (χ1v) is 10.9. The van der Waals surface area contributed by atoms with Gasteiger partial charge in [-0.3, -0.25) is 15.1 Å². The molecule has 0 radical (unpaired) electrons. The van der Waals surface area contributed by atoms with E-state index in [1.165, 1.54) is 5.57 Å². The summed E-state index contributed by atoms with van der Waals surface area (Å²) in [5.74, 6) is 0. The van der Waals surface area contributed by atoms with Crippen LogP contribution in [0.3, 0.4) is 0 Å². The van der Waals surface area contributed by atoms with Gasteiger partial charge in [0.15, 0.2) is 0 Å². The predicted octanol–water partition coefficient (Wildman–Crippen LogP) is 5.92. The minimum absolute atomic E-state index is 0.844. The molecule has 5 aromatic heterocycles. The van der Waals surface area contributed by atoms with Crippen molar-refractivity contribution in [3.8, 4) is 17.1 Å². The highest BCUT2D eigenvalue weighted by atomic mass is 15.1. The van der Waals surface area contributed by atoms with Gasteiger partial charge >= 0.3 is 0 Å². The predicted molar refractivity (Wildman–Crippen MR) is 133 cm³/mol. The van der Waals surface area contributed by atoms with Crippen LogP contribution in [-0.2, 0) is 0 Å². The zero-order valence-electron chi connectivity index (χ0n) is 18.9. The van der Waals surface area contributed by atoms with Gasteiger partial charge in [-0.1, -0.05) is 25.7 Å². The molecule has 0 aliphatic carbocycles. The number of pyridine rings is 2. The van der Waals surface area contributed by atoms with Gasteiger partial charge in [0.25, 0.3) is 0 Å². The molecule has 0 spiro atoms. The van der Waals surface area contributed by atoms with Crippen LogP contribution in [0.25, 0.3) is 44.5 Å². The van der Waals surface area contributed by atoms with Crippen LogP contribution in [0, 0.1) is 6.92 Å². The van der Waals surface area contributed by atoms with Crippen LogP contribution in [-0.4, -0.2) is 34.7 Å². The van der Waals surface area contributed by atoms with Crippen molar-refractivity contribution >= 4 is 27.4 Å². The van der Waals surface area contributed by atoms with Crippen molar-refractivity contribution in [3.63, 3.8) is 0 Å². The average Bonchev–Trinajstić information content (AvgIpc) is 3.56. The van der Waals surface area contributed by atoms with Crippen LogP contribution < -0.4 is 0 Å². The maximum atomic E-state index is 4.66. The van der Waals surface area contributed by atoms with Crippen molar-refractivity contribution in [1.82, 2.24) is 34.7 Å². The lowest BCUT2D eigenvalue weighted by Gasteiger charge is -2.04. The van der Waals surface area contributed by atoms with Crippen molar-refractivity contribution in [3.05, 3.63) is 85.0 Å². The molecule has 0 saturated carbocycles. The molecule has 5 heterocycles. The first-order valence-electron chi connectivity index (χ1n) is 10.9. The average molecular weight is 436 g/mol. The van der Waals surface area contributed by atoms with E-state index in [0.717, 1.165) is 62.3 Å². The minimum Gasteiger partial charge on any atom is -0.352 e. The largest absolute Gasteiger partial charge is 0.352 e. The van der Waals surface area contributed by atoms with E-state index in [2.05, 4.69) is 67.9 Å². The van der Waals surface area contributed by atoms with Gasteiger partial charge in [-0.25, -0.2) is 4.98 Å². The van der Waals surface area contributed by atoms with Crippen molar-refractivity contribution in [2.24, 2.45) is 0 Å². The summed E-state index contributed by atoms with van der Waals surface area (Å²) < 4.78 is 1.99. The van der Waals surface area contributed by atoms with Gasteiger partial charge in [0.05, 0.1) is 58.7 Å². The van der Waals surface area contributed by atoms with Gasteiger partial charge in [0, 0.05) is 17.0 Å². The highest BCUT2D eigenvalue weighted by Gasteiger charge is 2.15.